The van der Waals surface area contributed by atoms with Crippen molar-refractivity contribution in [2.75, 3.05) is 25.4 Å². The van der Waals surface area contributed by atoms with Gasteiger partial charge in [0, 0.05) is 13.2 Å². The number of carbonyl (C=O) groups is 2. The van der Waals surface area contributed by atoms with Gasteiger partial charge in [0.2, 0.25) is 11.8 Å². The third kappa shape index (κ3) is 5.80. The highest BCUT2D eigenvalue weighted by molar-refractivity contribution is 7.99. The molecule has 1 fully saturated rings. The fourth-order valence-electron chi connectivity index (χ4n) is 3.10. The molecule has 0 saturated carbocycles. The maximum Gasteiger partial charge on any atom is 0.262 e. The topological polar surface area (TPSA) is 102 Å². The summed E-state index contributed by atoms with van der Waals surface area (Å²) in [7, 11) is 0. The molecule has 2 amide bonds. The Hall–Kier alpha value is -2.39. The Labute approximate surface area is 173 Å². The zero-order valence-electron chi connectivity index (χ0n) is 16.5. The van der Waals surface area contributed by atoms with Gasteiger partial charge in [-0.25, -0.2) is 4.98 Å². The molecule has 0 radical (unpaired) electrons. The molecule has 0 aliphatic carbocycles. The van der Waals surface area contributed by atoms with Crippen molar-refractivity contribution in [1.29, 1.82) is 0 Å². The van der Waals surface area contributed by atoms with Crippen molar-refractivity contribution in [2.24, 2.45) is 0 Å². The first-order chi connectivity index (χ1) is 14.1. The first-order valence-electron chi connectivity index (χ1n) is 9.86. The standard InChI is InChI=1S/C20H26N4O4S/c1-2-9-21-17(25)11-22-18(26)13-29-20-23-16-8-4-3-7-15(16)19(27)24(20)12-14-6-5-10-28-14/h3-4,7-8,14H,2,5-6,9-13H2,1H3,(H,21,25)(H,22,26)/t14-/m1/s1. The molecule has 8 nitrogen and oxygen atoms in total. The molecule has 3 rings (SSSR count). The summed E-state index contributed by atoms with van der Waals surface area (Å²) < 4.78 is 7.28. The van der Waals surface area contributed by atoms with Gasteiger partial charge in [0.25, 0.3) is 5.56 Å². The lowest BCUT2D eigenvalue weighted by atomic mass is 10.2. The summed E-state index contributed by atoms with van der Waals surface area (Å²) in [6.07, 6.45) is 2.69. The van der Waals surface area contributed by atoms with E-state index >= 15 is 0 Å². The van der Waals surface area contributed by atoms with Crippen LogP contribution in [0.3, 0.4) is 0 Å². The van der Waals surface area contributed by atoms with Crippen LogP contribution in [0.5, 0.6) is 0 Å². The van der Waals surface area contributed by atoms with Crippen LogP contribution in [0.2, 0.25) is 0 Å². The van der Waals surface area contributed by atoms with Crippen LogP contribution in [0, 0.1) is 0 Å². The number of hydrogen-bond acceptors (Lipinski definition) is 6. The summed E-state index contributed by atoms with van der Waals surface area (Å²) in [5.41, 5.74) is 0.468. The van der Waals surface area contributed by atoms with E-state index in [1.807, 2.05) is 19.1 Å². The molecule has 1 aliphatic rings. The normalized spacial score (nSPS) is 16.1. The number of benzene rings is 1. The SMILES string of the molecule is CCCNC(=O)CNC(=O)CSc1nc2ccccc2c(=O)n1C[C@H]1CCCO1. The average Bonchev–Trinajstić information content (AvgIpc) is 3.24. The van der Waals surface area contributed by atoms with Crippen LogP contribution in [0.15, 0.2) is 34.2 Å². The summed E-state index contributed by atoms with van der Waals surface area (Å²) in [6.45, 7) is 3.60. The van der Waals surface area contributed by atoms with Crippen molar-refractivity contribution in [3.63, 3.8) is 0 Å². The molecular weight excluding hydrogens is 392 g/mol. The van der Waals surface area contributed by atoms with E-state index in [1.54, 1.807) is 16.7 Å². The van der Waals surface area contributed by atoms with Gasteiger partial charge in [-0.1, -0.05) is 30.8 Å². The Kier molecular flexibility index (Phi) is 7.65. The van der Waals surface area contributed by atoms with Crippen LogP contribution in [0.1, 0.15) is 26.2 Å². The lowest BCUT2D eigenvalue weighted by Crippen LogP contribution is -2.38. The number of aromatic nitrogens is 2. The highest BCUT2D eigenvalue weighted by atomic mass is 32.2. The van der Waals surface area contributed by atoms with Gasteiger partial charge in [0.15, 0.2) is 5.16 Å². The number of ether oxygens (including phenoxy) is 1. The summed E-state index contributed by atoms with van der Waals surface area (Å²) in [4.78, 5) is 41.4. The molecule has 1 aliphatic heterocycles. The Morgan fingerprint density at radius 2 is 2.10 bits per heavy atom. The third-order valence-corrected chi connectivity index (χ3v) is 5.56. The number of hydrogen-bond donors (Lipinski definition) is 2. The van der Waals surface area contributed by atoms with Gasteiger partial charge >= 0.3 is 0 Å². The Morgan fingerprint density at radius 1 is 1.28 bits per heavy atom. The number of thioether (sulfide) groups is 1. The monoisotopic (exact) mass is 418 g/mol. The Balaban J connectivity index is 1.70. The molecule has 156 valence electrons. The van der Waals surface area contributed by atoms with Crippen molar-refractivity contribution in [1.82, 2.24) is 20.2 Å². The zero-order chi connectivity index (χ0) is 20.6. The minimum Gasteiger partial charge on any atom is -0.376 e. The molecule has 2 aromatic rings. The number of nitrogens with zero attached hydrogens (tertiary/aromatic N) is 2. The predicted molar refractivity (Wildman–Crippen MR) is 112 cm³/mol. The van der Waals surface area contributed by atoms with Crippen molar-refractivity contribution in [2.45, 2.75) is 44.0 Å². The average molecular weight is 419 g/mol. The molecule has 1 atom stereocenters. The Morgan fingerprint density at radius 3 is 2.86 bits per heavy atom. The van der Waals surface area contributed by atoms with Crippen LogP contribution >= 0.6 is 11.8 Å². The van der Waals surface area contributed by atoms with Gasteiger partial charge < -0.3 is 15.4 Å². The van der Waals surface area contributed by atoms with E-state index < -0.39 is 0 Å². The van der Waals surface area contributed by atoms with E-state index in [-0.39, 0.29) is 35.8 Å². The summed E-state index contributed by atoms with van der Waals surface area (Å²) >= 11 is 1.19. The minimum absolute atomic E-state index is 0.0221. The first kappa shape index (κ1) is 21.3. The van der Waals surface area contributed by atoms with Gasteiger partial charge in [-0.05, 0) is 31.4 Å². The van der Waals surface area contributed by atoms with Crippen LogP contribution in [-0.2, 0) is 20.9 Å². The highest BCUT2D eigenvalue weighted by Crippen LogP contribution is 2.20. The zero-order valence-corrected chi connectivity index (χ0v) is 17.3. The van der Waals surface area contributed by atoms with Crippen molar-refractivity contribution in [3.05, 3.63) is 34.6 Å². The fraction of sp³-hybridized carbons (Fsp3) is 0.500. The first-order valence-corrected chi connectivity index (χ1v) is 10.8. The lowest BCUT2D eigenvalue weighted by molar-refractivity contribution is -0.124. The highest BCUT2D eigenvalue weighted by Gasteiger charge is 2.20. The molecule has 2 heterocycles. The van der Waals surface area contributed by atoms with Gasteiger partial charge in [0.1, 0.15) is 0 Å². The fourth-order valence-corrected chi connectivity index (χ4v) is 3.94. The van der Waals surface area contributed by atoms with Crippen molar-refractivity contribution in [3.8, 4) is 0 Å². The number of para-hydroxylation sites is 1. The maximum atomic E-state index is 13.0. The van der Waals surface area contributed by atoms with E-state index in [2.05, 4.69) is 15.6 Å². The van der Waals surface area contributed by atoms with Crippen LogP contribution in [0.4, 0.5) is 0 Å². The second-order valence-corrected chi connectivity index (χ2v) is 7.82. The predicted octanol–water partition coefficient (Wildman–Crippen LogP) is 1.31. The summed E-state index contributed by atoms with van der Waals surface area (Å²) in [5.74, 6) is -0.436. The molecule has 0 unspecified atom stereocenters. The van der Waals surface area contributed by atoms with E-state index in [4.69, 9.17) is 4.74 Å². The maximum absolute atomic E-state index is 13.0. The number of fused-ring (bicyclic) bond motifs is 1. The molecule has 2 N–H and O–H groups in total. The van der Waals surface area contributed by atoms with E-state index in [0.717, 1.165) is 19.3 Å². The number of nitrogens with one attached hydrogen (secondary N) is 2. The largest absolute Gasteiger partial charge is 0.376 e. The van der Waals surface area contributed by atoms with Crippen LogP contribution in [-0.4, -0.2) is 52.9 Å². The van der Waals surface area contributed by atoms with Crippen LogP contribution in [0.25, 0.3) is 10.9 Å². The van der Waals surface area contributed by atoms with E-state index in [0.29, 0.717) is 35.8 Å². The number of carbonyl (C=O) groups excluding carboxylic acids is 2. The number of rotatable bonds is 9. The van der Waals surface area contributed by atoms with Crippen molar-refractivity contribution >= 4 is 34.5 Å². The smallest absolute Gasteiger partial charge is 0.262 e. The molecule has 1 saturated heterocycles. The van der Waals surface area contributed by atoms with Crippen molar-refractivity contribution < 1.29 is 14.3 Å². The van der Waals surface area contributed by atoms with Crippen LogP contribution < -0.4 is 16.2 Å². The molecule has 1 aromatic heterocycles. The summed E-state index contributed by atoms with van der Waals surface area (Å²) in [5, 5.41) is 6.33. The lowest BCUT2D eigenvalue weighted by Gasteiger charge is -2.16. The van der Waals surface area contributed by atoms with Gasteiger partial charge in [-0.3, -0.25) is 19.0 Å². The quantitative estimate of drug-likeness (QED) is 0.470. The number of amides is 2. The molecule has 29 heavy (non-hydrogen) atoms. The molecule has 9 heteroatoms. The molecule has 0 spiro atoms. The third-order valence-electron chi connectivity index (χ3n) is 4.59. The Bertz CT molecular complexity index is 924. The van der Waals surface area contributed by atoms with Gasteiger partial charge in [0.05, 0.1) is 35.8 Å². The van der Waals surface area contributed by atoms with Gasteiger partial charge in [-0.2, -0.15) is 0 Å². The second kappa shape index (κ2) is 10.4. The van der Waals surface area contributed by atoms with E-state index in [9.17, 15) is 14.4 Å². The minimum atomic E-state index is -0.285. The molecule has 0 bridgehead atoms. The summed E-state index contributed by atoms with van der Waals surface area (Å²) in [6, 6.07) is 7.18. The molecule has 1 aromatic carbocycles. The van der Waals surface area contributed by atoms with Gasteiger partial charge in [-0.15, -0.1) is 0 Å². The second-order valence-electron chi connectivity index (χ2n) is 6.88. The molecular formula is C20H26N4O4S. The van der Waals surface area contributed by atoms with E-state index in [1.165, 1.54) is 11.8 Å².